The number of carbonyl (C=O) groups is 1. The molecule has 2 fully saturated rings. The number of carbonyl (C=O) groups excluding carboxylic acids is 1. The molecule has 6 nitrogen and oxygen atoms in total. The summed E-state index contributed by atoms with van der Waals surface area (Å²) >= 11 is 0. The third-order valence-corrected chi connectivity index (χ3v) is 6.27. The van der Waals surface area contributed by atoms with Gasteiger partial charge >= 0.3 is 0 Å². The molecule has 1 aromatic carbocycles. The Hall–Kier alpha value is -2.15. The van der Waals surface area contributed by atoms with Gasteiger partial charge in [0.1, 0.15) is 18.5 Å². The van der Waals surface area contributed by atoms with Crippen LogP contribution in [0.25, 0.3) is 0 Å². The van der Waals surface area contributed by atoms with E-state index in [4.69, 9.17) is 4.74 Å². The lowest BCUT2D eigenvalue weighted by molar-refractivity contribution is -0.121. The van der Waals surface area contributed by atoms with Crippen LogP contribution in [0.5, 0.6) is 5.75 Å². The topological polar surface area (TPSA) is 99.0 Å². The lowest BCUT2D eigenvalue weighted by Crippen LogP contribution is -2.24. The van der Waals surface area contributed by atoms with Gasteiger partial charge in [0, 0.05) is 25.3 Å². The summed E-state index contributed by atoms with van der Waals surface area (Å²) in [5.41, 5.74) is 0. The Bertz CT molecular complexity index is 746. The summed E-state index contributed by atoms with van der Waals surface area (Å²) in [5.74, 6) is 1.21. The molecular formula is C26H37NO5. The Kier molecular flexibility index (Phi) is 9.78. The summed E-state index contributed by atoms with van der Waals surface area (Å²) in [4.78, 5) is 11.8. The van der Waals surface area contributed by atoms with E-state index in [2.05, 4.69) is 11.4 Å². The molecule has 0 spiro atoms. The number of ether oxygens (including phenoxy) is 1. The van der Waals surface area contributed by atoms with E-state index in [0.29, 0.717) is 30.9 Å². The number of hydrogen-bond acceptors (Lipinski definition) is 5. The molecule has 2 aliphatic rings. The van der Waals surface area contributed by atoms with Gasteiger partial charge in [0.05, 0.1) is 12.2 Å². The standard InChI is InChI=1S/C26H37NO5/c28-20(18-32-21-8-4-3-5-9-21)14-15-23-22(24(29)16-25(23)30)10-6-1-2-7-11-26(31)27-17-19-12-13-19/h1,3-6,8-9,14-15,19-20,22-25,28-30H,2,7,10-13,16-18H2,(H,27,31)/b6-1-,15-14+/t20-,22-,23-,24-,25-/m1/s1. The minimum Gasteiger partial charge on any atom is -0.491 e. The Balaban J connectivity index is 1.37. The molecule has 0 aliphatic heterocycles. The zero-order valence-electron chi connectivity index (χ0n) is 18.7. The van der Waals surface area contributed by atoms with Crippen molar-refractivity contribution < 1.29 is 24.9 Å². The quantitative estimate of drug-likeness (QED) is 0.278. The number of rotatable bonds is 13. The highest BCUT2D eigenvalue weighted by molar-refractivity contribution is 5.75. The minimum absolute atomic E-state index is 0.0958. The molecule has 1 amide bonds. The second kappa shape index (κ2) is 12.8. The largest absolute Gasteiger partial charge is 0.491 e. The third kappa shape index (κ3) is 8.41. The fraction of sp³-hybridized carbons (Fsp3) is 0.577. The van der Waals surface area contributed by atoms with Gasteiger partial charge in [-0.05, 0) is 56.1 Å². The van der Waals surface area contributed by atoms with E-state index in [9.17, 15) is 20.1 Å². The predicted octanol–water partition coefficient (Wildman–Crippen LogP) is 2.98. The molecule has 4 N–H and O–H groups in total. The molecule has 5 atom stereocenters. The number of para-hydroxylation sites is 1. The average molecular weight is 444 g/mol. The monoisotopic (exact) mass is 443 g/mol. The molecule has 32 heavy (non-hydrogen) atoms. The normalized spacial score (nSPS) is 26.6. The number of hydrogen-bond donors (Lipinski definition) is 4. The number of amides is 1. The second-order valence-electron chi connectivity index (χ2n) is 9.03. The third-order valence-electron chi connectivity index (χ3n) is 6.27. The number of nitrogens with one attached hydrogen (secondary N) is 1. The Morgan fingerprint density at radius 3 is 2.69 bits per heavy atom. The molecule has 6 heteroatoms. The van der Waals surface area contributed by atoms with E-state index in [1.807, 2.05) is 42.5 Å². The summed E-state index contributed by atoms with van der Waals surface area (Å²) in [6, 6.07) is 9.30. The van der Waals surface area contributed by atoms with Crippen LogP contribution in [0.1, 0.15) is 44.9 Å². The van der Waals surface area contributed by atoms with E-state index in [-0.39, 0.29) is 24.3 Å². The van der Waals surface area contributed by atoms with Crippen LogP contribution in [0.15, 0.2) is 54.6 Å². The number of unbranched alkanes of at least 4 members (excludes halogenated alkanes) is 1. The van der Waals surface area contributed by atoms with Crippen LogP contribution in [0.4, 0.5) is 0 Å². The fourth-order valence-corrected chi connectivity index (χ4v) is 4.14. The maximum atomic E-state index is 11.8. The highest BCUT2D eigenvalue weighted by Crippen LogP contribution is 2.36. The van der Waals surface area contributed by atoms with Gasteiger partial charge in [-0.1, -0.05) is 42.5 Å². The summed E-state index contributed by atoms with van der Waals surface area (Å²) in [6.45, 7) is 0.948. The van der Waals surface area contributed by atoms with Gasteiger partial charge < -0.3 is 25.4 Å². The van der Waals surface area contributed by atoms with Gasteiger partial charge in [0.25, 0.3) is 0 Å². The molecule has 0 unspecified atom stereocenters. The van der Waals surface area contributed by atoms with E-state index in [1.54, 1.807) is 6.08 Å². The first kappa shape index (κ1) is 24.5. The molecule has 3 rings (SSSR count). The zero-order chi connectivity index (χ0) is 22.8. The van der Waals surface area contributed by atoms with Gasteiger partial charge in [0.15, 0.2) is 0 Å². The smallest absolute Gasteiger partial charge is 0.220 e. The molecule has 0 saturated heterocycles. The number of allylic oxidation sites excluding steroid dienone is 2. The van der Waals surface area contributed by atoms with Gasteiger partial charge in [-0.3, -0.25) is 4.79 Å². The fourth-order valence-electron chi connectivity index (χ4n) is 4.14. The number of benzene rings is 1. The summed E-state index contributed by atoms with van der Waals surface area (Å²) in [6.07, 6.45) is 11.2. The van der Waals surface area contributed by atoms with E-state index in [1.165, 1.54) is 12.8 Å². The van der Waals surface area contributed by atoms with Crippen molar-refractivity contribution in [1.82, 2.24) is 5.32 Å². The van der Waals surface area contributed by atoms with Crippen molar-refractivity contribution in [2.75, 3.05) is 13.2 Å². The molecule has 0 bridgehead atoms. The first-order chi connectivity index (χ1) is 15.5. The van der Waals surface area contributed by atoms with E-state index >= 15 is 0 Å². The minimum atomic E-state index is -0.789. The molecule has 0 heterocycles. The van der Waals surface area contributed by atoms with Crippen LogP contribution in [0.3, 0.4) is 0 Å². The molecule has 176 valence electrons. The molecular weight excluding hydrogens is 406 g/mol. The molecule has 2 aliphatic carbocycles. The summed E-state index contributed by atoms with van der Waals surface area (Å²) in [7, 11) is 0. The molecule has 2 saturated carbocycles. The SMILES string of the molecule is O=C(CCC/C=C\C[C@@H]1[C@@H](/C=C/[C@@H](O)COc2ccccc2)[C@H](O)C[C@H]1O)NCC1CC1. The van der Waals surface area contributed by atoms with Crippen molar-refractivity contribution in [2.45, 2.75) is 63.3 Å². The summed E-state index contributed by atoms with van der Waals surface area (Å²) < 4.78 is 5.55. The Morgan fingerprint density at radius 1 is 1.16 bits per heavy atom. The lowest BCUT2D eigenvalue weighted by Gasteiger charge is -2.19. The van der Waals surface area contributed by atoms with Crippen molar-refractivity contribution in [3.63, 3.8) is 0 Å². The molecule has 1 aromatic rings. The van der Waals surface area contributed by atoms with Gasteiger partial charge in [-0.15, -0.1) is 0 Å². The highest BCUT2D eigenvalue weighted by atomic mass is 16.5. The van der Waals surface area contributed by atoms with Crippen LogP contribution in [-0.4, -0.2) is 52.7 Å². The van der Waals surface area contributed by atoms with E-state index in [0.717, 1.165) is 19.4 Å². The van der Waals surface area contributed by atoms with Crippen LogP contribution in [0.2, 0.25) is 0 Å². The molecule has 0 radical (unpaired) electrons. The first-order valence-electron chi connectivity index (χ1n) is 11.8. The summed E-state index contributed by atoms with van der Waals surface area (Å²) in [5, 5.41) is 33.9. The lowest BCUT2D eigenvalue weighted by atomic mass is 9.89. The Morgan fingerprint density at radius 2 is 1.94 bits per heavy atom. The highest BCUT2D eigenvalue weighted by Gasteiger charge is 2.39. The van der Waals surface area contributed by atoms with Crippen molar-refractivity contribution in [3.8, 4) is 5.75 Å². The predicted molar refractivity (Wildman–Crippen MR) is 124 cm³/mol. The second-order valence-corrected chi connectivity index (χ2v) is 9.03. The average Bonchev–Trinajstić information content (AvgIpc) is 3.58. The van der Waals surface area contributed by atoms with Gasteiger partial charge in [-0.25, -0.2) is 0 Å². The number of aliphatic hydroxyl groups excluding tert-OH is 3. The van der Waals surface area contributed by atoms with Crippen LogP contribution < -0.4 is 10.1 Å². The van der Waals surface area contributed by atoms with Gasteiger partial charge in [0.2, 0.25) is 5.91 Å². The molecule has 0 aromatic heterocycles. The van der Waals surface area contributed by atoms with E-state index < -0.39 is 18.3 Å². The van der Waals surface area contributed by atoms with Crippen LogP contribution in [-0.2, 0) is 4.79 Å². The first-order valence-corrected chi connectivity index (χ1v) is 11.8. The van der Waals surface area contributed by atoms with Crippen LogP contribution >= 0.6 is 0 Å². The van der Waals surface area contributed by atoms with Crippen molar-refractivity contribution >= 4 is 5.91 Å². The Labute approximate surface area is 191 Å². The van der Waals surface area contributed by atoms with Gasteiger partial charge in [-0.2, -0.15) is 0 Å². The van der Waals surface area contributed by atoms with Crippen molar-refractivity contribution in [2.24, 2.45) is 17.8 Å². The maximum Gasteiger partial charge on any atom is 0.220 e. The van der Waals surface area contributed by atoms with Crippen molar-refractivity contribution in [3.05, 3.63) is 54.6 Å². The van der Waals surface area contributed by atoms with Crippen molar-refractivity contribution in [1.29, 1.82) is 0 Å². The van der Waals surface area contributed by atoms with Crippen LogP contribution in [0, 0.1) is 17.8 Å². The maximum absolute atomic E-state index is 11.8. The number of aliphatic hydroxyl groups is 3. The zero-order valence-corrected chi connectivity index (χ0v) is 18.7.